The zero-order valence-electron chi connectivity index (χ0n) is 8.34. The van der Waals surface area contributed by atoms with Gasteiger partial charge in [-0.3, -0.25) is 9.59 Å². The van der Waals surface area contributed by atoms with Crippen LogP contribution in [-0.2, 0) is 4.79 Å². The van der Waals surface area contributed by atoms with E-state index in [1.165, 1.54) is 6.92 Å². The topological polar surface area (TPSA) is 120 Å². The standard InChI is InChI=1S/C9H10N2O5/c1-4(9(15)16)11-8(14)7-6(13)2-5(12)3-10-7/h2-4,12-13H,1H3,(H,11,14)(H,15,16). The Kier molecular flexibility index (Phi) is 3.29. The van der Waals surface area contributed by atoms with Gasteiger partial charge in [-0.15, -0.1) is 0 Å². The van der Waals surface area contributed by atoms with Crippen LogP contribution in [0, 0.1) is 0 Å². The predicted molar refractivity (Wildman–Crippen MR) is 52.1 cm³/mol. The molecule has 0 radical (unpaired) electrons. The summed E-state index contributed by atoms with van der Waals surface area (Å²) >= 11 is 0. The van der Waals surface area contributed by atoms with Crippen molar-refractivity contribution in [2.75, 3.05) is 0 Å². The molecule has 1 heterocycles. The number of nitrogens with zero attached hydrogens (tertiary/aromatic N) is 1. The van der Waals surface area contributed by atoms with Gasteiger partial charge >= 0.3 is 5.97 Å². The minimum atomic E-state index is -1.20. The van der Waals surface area contributed by atoms with Gasteiger partial charge in [-0.1, -0.05) is 0 Å². The van der Waals surface area contributed by atoms with Crippen LogP contribution in [-0.4, -0.2) is 38.2 Å². The summed E-state index contributed by atoms with van der Waals surface area (Å²) < 4.78 is 0. The number of hydrogen-bond donors (Lipinski definition) is 4. The van der Waals surface area contributed by atoms with Crippen LogP contribution in [0.15, 0.2) is 12.3 Å². The van der Waals surface area contributed by atoms with Crippen molar-refractivity contribution in [1.29, 1.82) is 0 Å². The molecule has 0 saturated heterocycles. The Morgan fingerprint density at radius 2 is 2.06 bits per heavy atom. The monoisotopic (exact) mass is 226 g/mol. The number of carboxylic acid groups (broad SMARTS) is 1. The third-order valence-corrected chi connectivity index (χ3v) is 1.79. The normalized spacial score (nSPS) is 11.8. The molecular weight excluding hydrogens is 216 g/mol. The highest BCUT2D eigenvalue weighted by molar-refractivity contribution is 5.97. The number of aromatic hydroxyl groups is 2. The van der Waals surface area contributed by atoms with E-state index in [0.29, 0.717) is 0 Å². The van der Waals surface area contributed by atoms with Crippen LogP contribution in [0.1, 0.15) is 17.4 Å². The summed E-state index contributed by atoms with van der Waals surface area (Å²) in [5, 5.41) is 28.9. The van der Waals surface area contributed by atoms with E-state index in [9.17, 15) is 14.7 Å². The SMILES string of the molecule is CC(NC(=O)c1ncc(O)cc1O)C(=O)O. The van der Waals surface area contributed by atoms with Crippen molar-refractivity contribution in [2.45, 2.75) is 13.0 Å². The highest BCUT2D eigenvalue weighted by Crippen LogP contribution is 2.19. The third-order valence-electron chi connectivity index (χ3n) is 1.79. The summed E-state index contributed by atoms with van der Waals surface area (Å²) in [7, 11) is 0. The number of aliphatic carboxylic acids is 1. The van der Waals surface area contributed by atoms with Crippen molar-refractivity contribution in [3.8, 4) is 11.5 Å². The fourth-order valence-electron chi connectivity index (χ4n) is 0.944. The molecule has 0 aromatic carbocycles. The molecule has 16 heavy (non-hydrogen) atoms. The first-order valence-electron chi connectivity index (χ1n) is 4.33. The number of rotatable bonds is 3. The second-order valence-electron chi connectivity index (χ2n) is 3.09. The number of hydrogen-bond acceptors (Lipinski definition) is 5. The first-order valence-corrected chi connectivity index (χ1v) is 4.33. The molecule has 0 spiro atoms. The molecule has 0 bridgehead atoms. The molecule has 1 aromatic heterocycles. The van der Waals surface area contributed by atoms with E-state index >= 15 is 0 Å². The summed E-state index contributed by atoms with van der Waals surface area (Å²) in [5.74, 6) is -2.84. The summed E-state index contributed by atoms with van der Waals surface area (Å²) in [5.41, 5.74) is -0.342. The molecule has 1 aromatic rings. The van der Waals surface area contributed by atoms with E-state index in [-0.39, 0.29) is 11.4 Å². The fraction of sp³-hybridized carbons (Fsp3) is 0.222. The fourth-order valence-corrected chi connectivity index (χ4v) is 0.944. The molecule has 86 valence electrons. The molecule has 7 nitrogen and oxygen atoms in total. The average molecular weight is 226 g/mol. The summed E-state index contributed by atoms with van der Waals surface area (Å²) in [4.78, 5) is 25.4. The molecule has 0 aliphatic rings. The lowest BCUT2D eigenvalue weighted by atomic mass is 10.2. The summed E-state index contributed by atoms with van der Waals surface area (Å²) in [6.45, 7) is 1.28. The molecule has 4 N–H and O–H groups in total. The average Bonchev–Trinajstić information content (AvgIpc) is 2.16. The Hall–Kier alpha value is -2.31. The Balaban J connectivity index is 2.85. The molecule has 0 saturated carbocycles. The zero-order valence-corrected chi connectivity index (χ0v) is 8.34. The summed E-state index contributed by atoms with van der Waals surface area (Å²) in [6.07, 6.45) is 0.972. The Bertz CT molecular complexity index is 432. The molecule has 0 fully saturated rings. The first-order chi connectivity index (χ1) is 7.41. The van der Waals surface area contributed by atoms with E-state index in [1.807, 2.05) is 0 Å². The second kappa shape index (κ2) is 4.47. The third kappa shape index (κ3) is 2.59. The van der Waals surface area contributed by atoms with Gasteiger partial charge in [0.25, 0.3) is 5.91 Å². The summed E-state index contributed by atoms with van der Waals surface area (Å²) in [6, 6.07) is -0.157. The number of carbonyl (C=O) groups is 2. The highest BCUT2D eigenvalue weighted by Gasteiger charge is 2.19. The van der Waals surface area contributed by atoms with Crippen LogP contribution < -0.4 is 5.32 Å². The van der Waals surface area contributed by atoms with Gasteiger partial charge in [0.1, 0.15) is 11.8 Å². The lowest BCUT2D eigenvalue weighted by Crippen LogP contribution is -2.38. The van der Waals surface area contributed by atoms with Crippen molar-refractivity contribution < 1.29 is 24.9 Å². The van der Waals surface area contributed by atoms with Crippen LogP contribution >= 0.6 is 0 Å². The quantitative estimate of drug-likeness (QED) is 0.561. The number of carbonyl (C=O) groups excluding carboxylic acids is 1. The van der Waals surface area contributed by atoms with Gasteiger partial charge in [0.2, 0.25) is 0 Å². The molecule has 0 aliphatic heterocycles. The van der Waals surface area contributed by atoms with E-state index < -0.39 is 23.7 Å². The molecule has 1 rings (SSSR count). The van der Waals surface area contributed by atoms with Crippen molar-refractivity contribution in [1.82, 2.24) is 10.3 Å². The van der Waals surface area contributed by atoms with Gasteiger partial charge < -0.3 is 20.6 Å². The van der Waals surface area contributed by atoms with Crippen LogP contribution in [0.3, 0.4) is 0 Å². The van der Waals surface area contributed by atoms with Crippen LogP contribution in [0.4, 0.5) is 0 Å². The zero-order chi connectivity index (χ0) is 12.3. The molecule has 0 aliphatic carbocycles. The van der Waals surface area contributed by atoms with Crippen LogP contribution in [0.25, 0.3) is 0 Å². The number of amides is 1. The minimum absolute atomic E-state index is 0.291. The minimum Gasteiger partial charge on any atom is -0.506 e. The second-order valence-corrected chi connectivity index (χ2v) is 3.09. The molecule has 1 atom stereocenters. The van der Waals surface area contributed by atoms with Gasteiger partial charge in [0.15, 0.2) is 11.4 Å². The number of nitrogens with one attached hydrogen (secondary N) is 1. The smallest absolute Gasteiger partial charge is 0.325 e. The lowest BCUT2D eigenvalue weighted by Gasteiger charge is -2.09. The van der Waals surface area contributed by atoms with Gasteiger partial charge in [-0.25, -0.2) is 4.98 Å². The van der Waals surface area contributed by atoms with Crippen LogP contribution in [0.2, 0.25) is 0 Å². The number of aromatic nitrogens is 1. The maximum Gasteiger partial charge on any atom is 0.325 e. The van der Waals surface area contributed by atoms with E-state index in [2.05, 4.69) is 10.3 Å². The highest BCUT2D eigenvalue weighted by atomic mass is 16.4. The van der Waals surface area contributed by atoms with Gasteiger partial charge in [-0.2, -0.15) is 0 Å². The van der Waals surface area contributed by atoms with Gasteiger partial charge in [-0.05, 0) is 6.92 Å². The number of carboxylic acids is 1. The van der Waals surface area contributed by atoms with E-state index in [4.69, 9.17) is 10.2 Å². The number of pyridine rings is 1. The molecular formula is C9H10N2O5. The maximum absolute atomic E-state index is 11.4. The molecule has 7 heteroatoms. The van der Waals surface area contributed by atoms with Gasteiger partial charge in [0, 0.05) is 6.07 Å². The Labute approximate surface area is 90.4 Å². The van der Waals surface area contributed by atoms with Crippen molar-refractivity contribution in [3.05, 3.63) is 18.0 Å². The van der Waals surface area contributed by atoms with E-state index in [1.54, 1.807) is 0 Å². The van der Waals surface area contributed by atoms with Crippen molar-refractivity contribution in [3.63, 3.8) is 0 Å². The van der Waals surface area contributed by atoms with Crippen LogP contribution in [0.5, 0.6) is 11.5 Å². The predicted octanol–water partition coefficient (Wildman–Crippen LogP) is -0.304. The maximum atomic E-state index is 11.4. The molecule has 1 amide bonds. The largest absolute Gasteiger partial charge is 0.506 e. The Morgan fingerprint density at radius 1 is 1.44 bits per heavy atom. The first kappa shape index (κ1) is 11.8. The molecule has 1 unspecified atom stereocenters. The van der Waals surface area contributed by atoms with E-state index in [0.717, 1.165) is 12.3 Å². The lowest BCUT2D eigenvalue weighted by molar-refractivity contribution is -0.138. The van der Waals surface area contributed by atoms with Crippen molar-refractivity contribution >= 4 is 11.9 Å². The van der Waals surface area contributed by atoms with Crippen molar-refractivity contribution in [2.24, 2.45) is 0 Å². The Morgan fingerprint density at radius 3 is 2.56 bits per heavy atom. The van der Waals surface area contributed by atoms with Gasteiger partial charge in [0.05, 0.1) is 6.20 Å².